The number of amides is 1. The third-order valence-corrected chi connectivity index (χ3v) is 8.07. The zero-order valence-corrected chi connectivity index (χ0v) is 22.9. The third kappa shape index (κ3) is 6.37. The van der Waals surface area contributed by atoms with Crippen LogP contribution in [0.5, 0.6) is 0 Å². The summed E-state index contributed by atoms with van der Waals surface area (Å²) >= 11 is 1.13. The van der Waals surface area contributed by atoms with Gasteiger partial charge in [-0.15, -0.1) is 0 Å². The SMILES string of the molecule is CCOC(=O)c1sc(Nc2nc(NCc3ccc(S(C)(=O)=O)cc3)cc(N3CCCC3C(N)=O)n2)nc1C. The van der Waals surface area contributed by atoms with E-state index in [0.717, 1.165) is 29.6 Å². The molecule has 3 heterocycles. The lowest BCUT2D eigenvalue weighted by Crippen LogP contribution is -2.40. The Morgan fingerprint density at radius 1 is 1.21 bits per heavy atom. The molecule has 14 heteroatoms. The first kappa shape index (κ1) is 27.3. The summed E-state index contributed by atoms with van der Waals surface area (Å²) in [5.41, 5.74) is 6.99. The molecular weight excluding hydrogens is 530 g/mol. The van der Waals surface area contributed by atoms with Crippen LogP contribution in [-0.2, 0) is 25.9 Å². The van der Waals surface area contributed by atoms with Gasteiger partial charge in [0.15, 0.2) is 15.0 Å². The Labute approximate surface area is 224 Å². The van der Waals surface area contributed by atoms with Crippen molar-refractivity contribution in [1.82, 2.24) is 15.0 Å². The van der Waals surface area contributed by atoms with Gasteiger partial charge < -0.3 is 20.7 Å². The standard InChI is InChI=1S/C24H29N7O5S2/c1-4-36-22(33)20-14(2)27-24(37-20)30-23-28-18(12-19(29-23)31-11-5-6-17(31)21(25)32)26-13-15-7-9-16(10-8-15)38(3,34)35/h7-10,12,17H,4-6,11,13H2,1-3H3,(H2,25,32)(H2,26,27,28,29,30). The number of hydrogen-bond acceptors (Lipinski definition) is 12. The molecule has 0 aliphatic carbocycles. The molecule has 1 amide bonds. The van der Waals surface area contributed by atoms with Gasteiger partial charge >= 0.3 is 5.97 Å². The van der Waals surface area contributed by atoms with Crippen LogP contribution in [0.4, 0.5) is 22.7 Å². The first-order chi connectivity index (χ1) is 18.0. The van der Waals surface area contributed by atoms with Crippen LogP contribution in [-0.4, -0.2) is 60.7 Å². The lowest BCUT2D eigenvalue weighted by molar-refractivity contribution is -0.119. The number of benzene rings is 1. The number of nitrogens with one attached hydrogen (secondary N) is 2. The Hall–Kier alpha value is -3.78. The molecule has 202 valence electrons. The minimum atomic E-state index is -3.29. The molecule has 1 aromatic carbocycles. The van der Waals surface area contributed by atoms with Crippen LogP contribution < -0.4 is 21.3 Å². The lowest BCUT2D eigenvalue weighted by atomic mass is 10.2. The molecule has 0 spiro atoms. The number of anilines is 4. The second-order valence-electron chi connectivity index (χ2n) is 8.74. The molecule has 12 nitrogen and oxygen atoms in total. The van der Waals surface area contributed by atoms with Gasteiger partial charge in [-0.3, -0.25) is 10.1 Å². The molecule has 0 saturated carbocycles. The third-order valence-electron chi connectivity index (χ3n) is 5.89. The summed E-state index contributed by atoms with van der Waals surface area (Å²) in [5.74, 6) is 0.328. The first-order valence-corrected chi connectivity index (χ1v) is 14.7. The first-order valence-electron chi connectivity index (χ1n) is 11.9. The summed E-state index contributed by atoms with van der Waals surface area (Å²) < 4.78 is 28.6. The number of thiazole rings is 1. The number of aromatic nitrogens is 3. The molecular formula is C24H29N7O5S2. The number of nitrogens with two attached hydrogens (primary N) is 1. The topological polar surface area (TPSA) is 169 Å². The number of esters is 1. The van der Waals surface area contributed by atoms with Crippen LogP contribution in [0.15, 0.2) is 35.2 Å². The summed E-state index contributed by atoms with van der Waals surface area (Å²) in [5, 5.41) is 6.71. The minimum absolute atomic E-state index is 0.219. The number of ether oxygens (including phenoxy) is 1. The van der Waals surface area contributed by atoms with E-state index in [1.165, 1.54) is 0 Å². The predicted octanol–water partition coefficient (Wildman–Crippen LogP) is 2.63. The van der Waals surface area contributed by atoms with Crippen molar-refractivity contribution >= 4 is 55.8 Å². The van der Waals surface area contributed by atoms with E-state index in [1.54, 1.807) is 44.2 Å². The van der Waals surface area contributed by atoms with Crippen molar-refractivity contribution in [1.29, 1.82) is 0 Å². The number of primary amides is 1. The van der Waals surface area contributed by atoms with E-state index >= 15 is 0 Å². The highest BCUT2D eigenvalue weighted by atomic mass is 32.2. The highest BCUT2D eigenvalue weighted by Crippen LogP contribution is 2.30. The normalized spacial score (nSPS) is 15.3. The van der Waals surface area contributed by atoms with Gasteiger partial charge in [0.05, 0.1) is 17.2 Å². The number of rotatable bonds is 10. The zero-order chi connectivity index (χ0) is 27.4. The summed E-state index contributed by atoms with van der Waals surface area (Å²) in [4.78, 5) is 40.2. The molecule has 1 saturated heterocycles. The Morgan fingerprint density at radius 2 is 1.95 bits per heavy atom. The van der Waals surface area contributed by atoms with E-state index < -0.39 is 27.8 Å². The average Bonchev–Trinajstić information content (AvgIpc) is 3.49. The van der Waals surface area contributed by atoms with E-state index in [1.807, 2.05) is 4.90 Å². The predicted molar refractivity (Wildman–Crippen MR) is 145 cm³/mol. The van der Waals surface area contributed by atoms with E-state index in [4.69, 9.17) is 10.5 Å². The van der Waals surface area contributed by atoms with Gasteiger partial charge in [0.2, 0.25) is 11.9 Å². The molecule has 1 atom stereocenters. The molecule has 0 radical (unpaired) electrons. The Balaban J connectivity index is 1.61. The second-order valence-corrected chi connectivity index (χ2v) is 11.8. The largest absolute Gasteiger partial charge is 0.462 e. The highest BCUT2D eigenvalue weighted by Gasteiger charge is 2.31. The van der Waals surface area contributed by atoms with Crippen LogP contribution in [0, 0.1) is 6.92 Å². The summed E-state index contributed by atoms with van der Waals surface area (Å²) in [7, 11) is -3.29. The Morgan fingerprint density at radius 3 is 2.61 bits per heavy atom. The number of sulfone groups is 1. The summed E-state index contributed by atoms with van der Waals surface area (Å²) in [6.07, 6.45) is 2.59. The van der Waals surface area contributed by atoms with Crippen LogP contribution in [0.3, 0.4) is 0 Å². The molecule has 1 fully saturated rings. The number of hydrogen-bond donors (Lipinski definition) is 3. The molecule has 1 aliphatic rings. The van der Waals surface area contributed by atoms with Crippen molar-refractivity contribution in [2.75, 3.05) is 34.9 Å². The molecule has 1 aliphatic heterocycles. The van der Waals surface area contributed by atoms with Gasteiger partial charge in [0, 0.05) is 25.4 Å². The van der Waals surface area contributed by atoms with E-state index in [2.05, 4.69) is 25.6 Å². The van der Waals surface area contributed by atoms with Gasteiger partial charge in [-0.05, 0) is 44.4 Å². The Bertz CT molecular complexity index is 1440. The zero-order valence-electron chi connectivity index (χ0n) is 21.2. The van der Waals surface area contributed by atoms with Crippen molar-refractivity contribution < 1.29 is 22.7 Å². The van der Waals surface area contributed by atoms with Gasteiger partial charge in [0.25, 0.3) is 0 Å². The molecule has 1 unspecified atom stereocenters. The maximum atomic E-state index is 12.2. The minimum Gasteiger partial charge on any atom is -0.462 e. The van der Waals surface area contributed by atoms with Crippen molar-refractivity contribution in [2.45, 2.75) is 44.2 Å². The van der Waals surface area contributed by atoms with Gasteiger partial charge in [-0.2, -0.15) is 9.97 Å². The summed E-state index contributed by atoms with van der Waals surface area (Å²) in [6.45, 7) is 4.68. The van der Waals surface area contributed by atoms with Gasteiger partial charge in [-0.25, -0.2) is 18.2 Å². The lowest BCUT2D eigenvalue weighted by Gasteiger charge is -2.24. The fourth-order valence-electron chi connectivity index (χ4n) is 4.04. The second kappa shape index (κ2) is 11.3. The molecule has 4 N–H and O–H groups in total. The number of aryl methyl sites for hydroxylation is 1. The van der Waals surface area contributed by atoms with Crippen LogP contribution in [0.1, 0.15) is 40.7 Å². The fourth-order valence-corrected chi connectivity index (χ4v) is 5.53. The maximum Gasteiger partial charge on any atom is 0.350 e. The average molecular weight is 560 g/mol. The number of carbonyl (C=O) groups excluding carboxylic acids is 2. The highest BCUT2D eigenvalue weighted by molar-refractivity contribution is 7.90. The van der Waals surface area contributed by atoms with Crippen molar-refractivity contribution in [3.8, 4) is 0 Å². The molecule has 4 rings (SSSR count). The van der Waals surface area contributed by atoms with Crippen molar-refractivity contribution in [3.63, 3.8) is 0 Å². The molecule has 38 heavy (non-hydrogen) atoms. The van der Waals surface area contributed by atoms with E-state index in [-0.39, 0.29) is 17.5 Å². The van der Waals surface area contributed by atoms with Gasteiger partial charge in [-0.1, -0.05) is 23.5 Å². The van der Waals surface area contributed by atoms with Gasteiger partial charge in [0.1, 0.15) is 22.6 Å². The molecule has 0 bridgehead atoms. The summed E-state index contributed by atoms with van der Waals surface area (Å²) in [6, 6.07) is 7.81. The quantitative estimate of drug-likeness (QED) is 0.312. The van der Waals surface area contributed by atoms with Crippen molar-refractivity contribution in [3.05, 3.63) is 46.5 Å². The number of nitrogens with zero attached hydrogens (tertiary/aromatic N) is 4. The van der Waals surface area contributed by atoms with E-state index in [0.29, 0.717) is 46.8 Å². The maximum absolute atomic E-state index is 12.2. The molecule has 3 aromatic rings. The van der Waals surface area contributed by atoms with Crippen molar-refractivity contribution in [2.24, 2.45) is 5.73 Å². The van der Waals surface area contributed by atoms with Crippen LogP contribution in [0.2, 0.25) is 0 Å². The monoisotopic (exact) mass is 559 g/mol. The smallest absolute Gasteiger partial charge is 0.350 e. The van der Waals surface area contributed by atoms with Crippen LogP contribution >= 0.6 is 11.3 Å². The van der Waals surface area contributed by atoms with Crippen LogP contribution in [0.25, 0.3) is 0 Å². The fraction of sp³-hybridized carbons (Fsp3) is 0.375. The molecule has 2 aromatic heterocycles. The number of carbonyl (C=O) groups is 2. The van der Waals surface area contributed by atoms with E-state index in [9.17, 15) is 18.0 Å². The Kier molecular flexibility index (Phi) is 8.11.